The Kier molecular flexibility index (Phi) is 3.82. The van der Waals surface area contributed by atoms with Crippen LogP contribution in [-0.2, 0) is 13.0 Å². The first kappa shape index (κ1) is 14.3. The highest BCUT2D eigenvalue weighted by Crippen LogP contribution is 2.27. The molecule has 1 N–H and O–H groups in total. The highest BCUT2D eigenvalue weighted by atomic mass is 79.9. The molecule has 1 aliphatic rings. The van der Waals surface area contributed by atoms with Crippen molar-refractivity contribution in [2.24, 2.45) is 0 Å². The molecule has 1 amide bonds. The van der Waals surface area contributed by atoms with Crippen LogP contribution in [0.25, 0.3) is 0 Å². The Bertz CT molecular complexity index is 725. The zero-order valence-electron chi connectivity index (χ0n) is 11.0. The molecule has 2 heterocycles. The third-order valence-electron chi connectivity index (χ3n) is 3.57. The quantitative estimate of drug-likeness (QED) is 0.886. The molecule has 0 radical (unpaired) electrons. The summed E-state index contributed by atoms with van der Waals surface area (Å²) in [6, 6.07) is 8.91. The molecule has 0 atom stereocenters. The average Bonchev–Trinajstić information content (AvgIpc) is 2.91. The molecule has 108 valence electrons. The smallest absolute Gasteiger partial charge is 0.335 e. The fourth-order valence-electron chi connectivity index (χ4n) is 2.57. The van der Waals surface area contributed by atoms with E-state index < -0.39 is 5.97 Å². The number of hydrogen-bond acceptors (Lipinski definition) is 3. The molecule has 1 aromatic carbocycles. The van der Waals surface area contributed by atoms with Crippen LogP contribution in [0.4, 0.5) is 0 Å². The van der Waals surface area contributed by atoms with E-state index in [2.05, 4.69) is 15.9 Å². The lowest BCUT2D eigenvalue weighted by molar-refractivity contribution is 0.0694. The van der Waals surface area contributed by atoms with Gasteiger partial charge in [-0.2, -0.15) is 0 Å². The normalized spacial score (nSPS) is 13.9. The lowest BCUT2D eigenvalue weighted by Gasteiger charge is -2.29. The van der Waals surface area contributed by atoms with Gasteiger partial charge in [-0.25, -0.2) is 4.79 Å². The molecule has 6 heteroatoms. The third-order valence-corrected chi connectivity index (χ3v) is 5.18. The van der Waals surface area contributed by atoms with Crippen molar-refractivity contribution in [1.82, 2.24) is 4.90 Å². The van der Waals surface area contributed by atoms with Crippen LogP contribution in [0.1, 0.15) is 31.2 Å². The van der Waals surface area contributed by atoms with Gasteiger partial charge in [0, 0.05) is 13.1 Å². The van der Waals surface area contributed by atoms with Crippen molar-refractivity contribution in [2.75, 3.05) is 6.54 Å². The number of carbonyl (C=O) groups is 2. The van der Waals surface area contributed by atoms with Gasteiger partial charge in [-0.05, 0) is 51.7 Å². The molecule has 3 rings (SSSR count). The predicted molar refractivity (Wildman–Crippen MR) is 83.9 cm³/mol. The molecular formula is C15H12BrNO3S. The maximum absolute atomic E-state index is 12.4. The topological polar surface area (TPSA) is 57.6 Å². The molecule has 0 saturated carbocycles. The van der Waals surface area contributed by atoms with Gasteiger partial charge >= 0.3 is 5.97 Å². The standard InChI is InChI=1S/C15H12BrNO3S/c16-13-5-4-12(21-13)14(18)17-7-6-10-9(8-17)2-1-3-11(10)15(19)20/h1-5H,6-8H2,(H,19,20). The molecule has 0 unspecified atom stereocenters. The molecule has 0 spiro atoms. The minimum atomic E-state index is -0.909. The van der Waals surface area contributed by atoms with Gasteiger partial charge in [0.15, 0.2) is 0 Å². The summed E-state index contributed by atoms with van der Waals surface area (Å²) in [7, 11) is 0. The minimum Gasteiger partial charge on any atom is -0.478 e. The molecule has 1 aromatic heterocycles. The third kappa shape index (κ3) is 2.73. The average molecular weight is 366 g/mol. The zero-order chi connectivity index (χ0) is 15.0. The maximum atomic E-state index is 12.4. The van der Waals surface area contributed by atoms with Crippen molar-refractivity contribution in [1.29, 1.82) is 0 Å². The second kappa shape index (κ2) is 5.61. The van der Waals surface area contributed by atoms with Gasteiger partial charge in [-0.15, -0.1) is 11.3 Å². The Morgan fingerprint density at radius 1 is 1.24 bits per heavy atom. The number of nitrogens with zero attached hydrogens (tertiary/aromatic N) is 1. The summed E-state index contributed by atoms with van der Waals surface area (Å²) < 4.78 is 0.927. The van der Waals surface area contributed by atoms with Gasteiger partial charge in [0.1, 0.15) is 0 Å². The van der Waals surface area contributed by atoms with Gasteiger partial charge in [-0.1, -0.05) is 12.1 Å². The zero-order valence-corrected chi connectivity index (χ0v) is 13.4. The minimum absolute atomic E-state index is 0.00271. The van der Waals surface area contributed by atoms with E-state index in [0.29, 0.717) is 30.0 Å². The van der Waals surface area contributed by atoms with Crippen molar-refractivity contribution in [3.63, 3.8) is 0 Å². The number of aromatic carboxylic acids is 1. The fourth-order valence-corrected chi connectivity index (χ4v) is 3.92. The summed E-state index contributed by atoms with van der Waals surface area (Å²) in [5.74, 6) is -0.911. The number of carboxylic acid groups (broad SMARTS) is 1. The van der Waals surface area contributed by atoms with Crippen LogP contribution in [0.5, 0.6) is 0 Å². The molecule has 0 aliphatic carbocycles. The van der Waals surface area contributed by atoms with Crippen molar-refractivity contribution < 1.29 is 14.7 Å². The largest absolute Gasteiger partial charge is 0.478 e. The molecule has 1 aliphatic heterocycles. The van der Waals surface area contributed by atoms with Crippen LogP contribution in [-0.4, -0.2) is 28.4 Å². The molecule has 0 bridgehead atoms. The van der Waals surface area contributed by atoms with Crippen LogP contribution in [0, 0.1) is 0 Å². The second-order valence-electron chi connectivity index (χ2n) is 4.83. The number of benzene rings is 1. The Morgan fingerprint density at radius 2 is 2.05 bits per heavy atom. The summed E-state index contributed by atoms with van der Waals surface area (Å²) in [6.45, 7) is 1.01. The number of carboxylic acids is 1. The first-order chi connectivity index (χ1) is 10.1. The van der Waals surface area contributed by atoms with E-state index in [-0.39, 0.29) is 5.91 Å². The molecule has 21 heavy (non-hydrogen) atoms. The Balaban J connectivity index is 1.86. The lowest BCUT2D eigenvalue weighted by Crippen LogP contribution is -2.36. The van der Waals surface area contributed by atoms with E-state index in [1.54, 1.807) is 23.1 Å². The van der Waals surface area contributed by atoms with Crippen LogP contribution in [0.15, 0.2) is 34.1 Å². The summed E-state index contributed by atoms with van der Waals surface area (Å²) in [4.78, 5) is 26.1. The van der Waals surface area contributed by atoms with Crippen molar-refractivity contribution in [3.05, 3.63) is 55.7 Å². The number of thiophene rings is 1. The number of amides is 1. The van der Waals surface area contributed by atoms with Gasteiger partial charge in [-0.3, -0.25) is 4.79 Å². The number of fused-ring (bicyclic) bond motifs is 1. The highest BCUT2D eigenvalue weighted by molar-refractivity contribution is 9.11. The lowest BCUT2D eigenvalue weighted by atomic mass is 9.94. The van der Waals surface area contributed by atoms with Crippen molar-refractivity contribution >= 4 is 39.1 Å². The van der Waals surface area contributed by atoms with Crippen LogP contribution < -0.4 is 0 Å². The van der Waals surface area contributed by atoms with E-state index in [1.807, 2.05) is 12.1 Å². The monoisotopic (exact) mass is 365 g/mol. The Morgan fingerprint density at radius 3 is 2.71 bits per heavy atom. The summed E-state index contributed by atoms with van der Waals surface area (Å²) in [5, 5.41) is 9.21. The van der Waals surface area contributed by atoms with Crippen LogP contribution in [0.2, 0.25) is 0 Å². The number of halogens is 1. The number of carbonyl (C=O) groups excluding carboxylic acids is 1. The van der Waals surface area contributed by atoms with Crippen molar-refractivity contribution in [3.8, 4) is 0 Å². The van der Waals surface area contributed by atoms with Gasteiger partial charge in [0.05, 0.1) is 14.2 Å². The predicted octanol–water partition coefficient (Wildman–Crippen LogP) is 3.41. The molecule has 0 saturated heterocycles. The molecule has 2 aromatic rings. The Hall–Kier alpha value is -1.66. The van der Waals surface area contributed by atoms with Gasteiger partial charge in [0.2, 0.25) is 0 Å². The fraction of sp³-hybridized carbons (Fsp3) is 0.200. The van der Waals surface area contributed by atoms with E-state index in [0.717, 1.165) is 14.9 Å². The summed E-state index contributed by atoms with van der Waals surface area (Å²) in [6.07, 6.45) is 0.579. The van der Waals surface area contributed by atoms with Crippen LogP contribution in [0.3, 0.4) is 0 Å². The van der Waals surface area contributed by atoms with E-state index >= 15 is 0 Å². The van der Waals surface area contributed by atoms with Gasteiger partial charge < -0.3 is 10.0 Å². The van der Waals surface area contributed by atoms with E-state index in [1.165, 1.54) is 11.3 Å². The first-order valence-electron chi connectivity index (χ1n) is 6.45. The SMILES string of the molecule is O=C(O)c1cccc2c1CCN(C(=O)c1ccc(Br)s1)C2. The van der Waals surface area contributed by atoms with Crippen molar-refractivity contribution in [2.45, 2.75) is 13.0 Å². The second-order valence-corrected chi connectivity index (χ2v) is 7.29. The molecule has 0 fully saturated rings. The first-order valence-corrected chi connectivity index (χ1v) is 8.06. The summed E-state index contributed by atoms with van der Waals surface area (Å²) in [5.41, 5.74) is 2.12. The molecular weight excluding hydrogens is 354 g/mol. The number of hydrogen-bond donors (Lipinski definition) is 1. The summed E-state index contributed by atoms with van der Waals surface area (Å²) >= 11 is 4.77. The molecule has 4 nitrogen and oxygen atoms in total. The van der Waals surface area contributed by atoms with Gasteiger partial charge in [0.25, 0.3) is 5.91 Å². The highest BCUT2D eigenvalue weighted by Gasteiger charge is 2.25. The number of rotatable bonds is 2. The maximum Gasteiger partial charge on any atom is 0.335 e. The Labute approximate surface area is 134 Å². The van der Waals surface area contributed by atoms with Crippen LogP contribution >= 0.6 is 27.3 Å². The van der Waals surface area contributed by atoms with E-state index in [9.17, 15) is 14.7 Å². The van der Waals surface area contributed by atoms with E-state index in [4.69, 9.17) is 0 Å².